The van der Waals surface area contributed by atoms with Crippen molar-refractivity contribution in [2.45, 2.75) is 12.5 Å². The summed E-state index contributed by atoms with van der Waals surface area (Å²) in [6, 6.07) is 5.96. The summed E-state index contributed by atoms with van der Waals surface area (Å²) in [4.78, 5) is 2.22. The van der Waals surface area contributed by atoms with E-state index in [1.54, 1.807) is 14.2 Å². The minimum atomic E-state index is 0.153. The first kappa shape index (κ1) is 16.2. The lowest BCUT2D eigenvalue weighted by Crippen LogP contribution is -2.31. The van der Waals surface area contributed by atoms with Gasteiger partial charge in [-0.2, -0.15) is 0 Å². The molecule has 0 heterocycles. The molecule has 0 radical (unpaired) electrons. The first-order valence-corrected chi connectivity index (χ1v) is 6.74. The standard InChI is InChI=1S/C14H23ClN2O2/c1-17(7-4-8-18-2)13(10-16)11-5-6-14(19-3)12(15)9-11/h5-6,9,13H,4,7-8,10,16H2,1-3H3. The smallest absolute Gasteiger partial charge is 0.137 e. The fourth-order valence-corrected chi connectivity index (χ4v) is 2.34. The number of halogens is 1. The number of rotatable bonds is 8. The van der Waals surface area contributed by atoms with E-state index in [0.29, 0.717) is 17.3 Å². The Bertz CT molecular complexity index is 388. The molecule has 1 rings (SSSR count). The van der Waals surface area contributed by atoms with E-state index in [1.165, 1.54) is 0 Å². The zero-order valence-corrected chi connectivity index (χ0v) is 12.6. The molecule has 2 N–H and O–H groups in total. The molecule has 0 aliphatic rings. The number of benzene rings is 1. The number of methoxy groups -OCH3 is 2. The van der Waals surface area contributed by atoms with Crippen molar-refractivity contribution in [2.75, 3.05) is 41.0 Å². The van der Waals surface area contributed by atoms with E-state index in [4.69, 9.17) is 26.8 Å². The highest BCUT2D eigenvalue weighted by Crippen LogP contribution is 2.29. The molecule has 5 heteroatoms. The third kappa shape index (κ3) is 4.66. The molecule has 0 aliphatic carbocycles. The minimum Gasteiger partial charge on any atom is -0.495 e. The van der Waals surface area contributed by atoms with E-state index < -0.39 is 0 Å². The maximum Gasteiger partial charge on any atom is 0.137 e. The summed E-state index contributed by atoms with van der Waals surface area (Å²) in [5.74, 6) is 0.684. The van der Waals surface area contributed by atoms with Crippen LogP contribution in [0.2, 0.25) is 5.02 Å². The second-order valence-electron chi connectivity index (χ2n) is 4.47. The van der Waals surface area contributed by atoms with Crippen LogP contribution in [0.1, 0.15) is 18.0 Å². The Morgan fingerprint density at radius 3 is 2.63 bits per heavy atom. The predicted molar refractivity (Wildman–Crippen MR) is 78.9 cm³/mol. The molecule has 0 amide bonds. The maximum absolute atomic E-state index is 6.16. The lowest BCUT2D eigenvalue weighted by atomic mass is 10.1. The van der Waals surface area contributed by atoms with Crippen molar-refractivity contribution in [1.29, 1.82) is 0 Å². The minimum absolute atomic E-state index is 0.153. The van der Waals surface area contributed by atoms with Gasteiger partial charge in [0, 0.05) is 32.8 Å². The Balaban J connectivity index is 2.75. The molecule has 4 nitrogen and oxygen atoms in total. The summed E-state index contributed by atoms with van der Waals surface area (Å²) >= 11 is 6.16. The highest BCUT2D eigenvalue weighted by atomic mass is 35.5. The molecule has 1 aromatic rings. The summed E-state index contributed by atoms with van der Waals surface area (Å²) in [5, 5.41) is 0.615. The van der Waals surface area contributed by atoms with Gasteiger partial charge in [0.15, 0.2) is 0 Å². The van der Waals surface area contributed by atoms with Gasteiger partial charge in [-0.1, -0.05) is 17.7 Å². The van der Waals surface area contributed by atoms with Gasteiger partial charge < -0.3 is 15.2 Å². The highest BCUT2D eigenvalue weighted by Gasteiger charge is 2.16. The van der Waals surface area contributed by atoms with Crippen LogP contribution in [-0.4, -0.2) is 45.9 Å². The Morgan fingerprint density at radius 2 is 2.11 bits per heavy atom. The van der Waals surface area contributed by atoms with Crippen molar-refractivity contribution >= 4 is 11.6 Å². The number of hydrogen-bond donors (Lipinski definition) is 1. The van der Waals surface area contributed by atoms with Crippen molar-refractivity contribution in [2.24, 2.45) is 5.73 Å². The average Bonchev–Trinajstić information content (AvgIpc) is 2.40. The van der Waals surface area contributed by atoms with Crippen LogP contribution in [0.3, 0.4) is 0 Å². The van der Waals surface area contributed by atoms with Gasteiger partial charge in [0.1, 0.15) is 5.75 Å². The topological polar surface area (TPSA) is 47.7 Å². The first-order valence-electron chi connectivity index (χ1n) is 6.36. The monoisotopic (exact) mass is 286 g/mol. The molecule has 0 spiro atoms. The van der Waals surface area contributed by atoms with E-state index in [0.717, 1.165) is 25.1 Å². The quantitative estimate of drug-likeness (QED) is 0.745. The fourth-order valence-electron chi connectivity index (χ4n) is 2.07. The molecule has 1 unspecified atom stereocenters. The van der Waals surface area contributed by atoms with Crippen LogP contribution in [0.5, 0.6) is 5.75 Å². The summed E-state index contributed by atoms with van der Waals surface area (Å²) in [6.45, 7) is 2.23. The largest absolute Gasteiger partial charge is 0.495 e. The van der Waals surface area contributed by atoms with Crippen molar-refractivity contribution < 1.29 is 9.47 Å². The van der Waals surface area contributed by atoms with Crippen LogP contribution >= 0.6 is 11.6 Å². The van der Waals surface area contributed by atoms with Crippen LogP contribution in [0.15, 0.2) is 18.2 Å². The van der Waals surface area contributed by atoms with Crippen LogP contribution in [0.4, 0.5) is 0 Å². The summed E-state index contributed by atoms with van der Waals surface area (Å²) < 4.78 is 10.2. The van der Waals surface area contributed by atoms with Gasteiger partial charge in [0.25, 0.3) is 0 Å². The molecular weight excluding hydrogens is 264 g/mol. The predicted octanol–water partition coefficient (Wildman–Crippen LogP) is 2.32. The molecule has 108 valence electrons. The molecule has 0 bridgehead atoms. The van der Waals surface area contributed by atoms with Crippen LogP contribution in [0, 0.1) is 0 Å². The number of nitrogens with zero attached hydrogens (tertiary/aromatic N) is 1. The first-order chi connectivity index (χ1) is 9.13. The molecule has 1 atom stereocenters. The van der Waals surface area contributed by atoms with E-state index >= 15 is 0 Å². The van der Waals surface area contributed by atoms with Gasteiger partial charge in [-0.05, 0) is 31.2 Å². The van der Waals surface area contributed by atoms with Crippen LogP contribution < -0.4 is 10.5 Å². The summed E-state index contributed by atoms with van der Waals surface area (Å²) in [6.07, 6.45) is 0.980. The Morgan fingerprint density at radius 1 is 1.37 bits per heavy atom. The van der Waals surface area contributed by atoms with Gasteiger partial charge in [-0.15, -0.1) is 0 Å². The summed E-state index contributed by atoms with van der Waals surface area (Å²) in [5.41, 5.74) is 6.99. The number of hydrogen-bond acceptors (Lipinski definition) is 4. The zero-order chi connectivity index (χ0) is 14.3. The molecule has 0 saturated carbocycles. The van der Waals surface area contributed by atoms with E-state index in [-0.39, 0.29) is 6.04 Å². The molecule has 0 aliphatic heterocycles. The van der Waals surface area contributed by atoms with E-state index in [1.807, 2.05) is 18.2 Å². The van der Waals surface area contributed by atoms with Crippen molar-refractivity contribution in [3.8, 4) is 5.75 Å². The third-order valence-electron chi connectivity index (χ3n) is 3.18. The molecule has 1 aromatic carbocycles. The van der Waals surface area contributed by atoms with E-state index in [2.05, 4.69) is 11.9 Å². The van der Waals surface area contributed by atoms with Crippen molar-refractivity contribution in [3.63, 3.8) is 0 Å². The second-order valence-corrected chi connectivity index (χ2v) is 4.88. The third-order valence-corrected chi connectivity index (χ3v) is 3.47. The molecule has 19 heavy (non-hydrogen) atoms. The van der Waals surface area contributed by atoms with Crippen molar-refractivity contribution in [3.05, 3.63) is 28.8 Å². The SMILES string of the molecule is COCCCN(C)C(CN)c1ccc(OC)c(Cl)c1. The number of nitrogens with two attached hydrogens (primary N) is 1. The Kier molecular flexibility index (Phi) is 7.16. The lowest BCUT2D eigenvalue weighted by molar-refractivity contribution is 0.166. The fraction of sp³-hybridized carbons (Fsp3) is 0.571. The second kappa shape index (κ2) is 8.38. The van der Waals surface area contributed by atoms with Gasteiger partial charge in [-0.3, -0.25) is 4.90 Å². The molecular formula is C14H23ClN2O2. The van der Waals surface area contributed by atoms with Crippen LogP contribution in [0.25, 0.3) is 0 Å². The molecule has 0 aromatic heterocycles. The maximum atomic E-state index is 6.16. The Hall–Kier alpha value is -0.810. The normalized spacial score (nSPS) is 12.7. The Labute approximate surface area is 120 Å². The van der Waals surface area contributed by atoms with Gasteiger partial charge in [-0.25, -0.2) is 0 Å². The highest BCUT2D eigenvalue weighted by molar-refractivity contribution is 6.32. The summed E-state index contributed by atoms with van der Waals surface area (Å²) in [7, 11) is 5.38. The van der Waals surface area contributed by atoms with Gasteiger partial charge in [0.05, 0.1) is 12.1 Å². The van der Waals surface area contributed by atoms with Gasteiger partial charge in [0.2, 0.25) is 0 Å². The van der Waals surface area contributed by atoms with Crippen molar-refractivity contribution in [1.82, 2.24) is 4.90 Å². The van der Waals surface area contributed by atoms with Gasteiger partial charge >= 0.3 is 0 Å². The van der Waals surface area contributed by atoms with Crippen LogP contribution in [-0.2, 0) is 4.74 Å². The average molecular weight is 287 g/mol. The zero-order valence-electron chi connectivity index (χ0n) is 11.9. The van der Waals surface area contributed by atoms with E-state index in [9.17, 15) is 0 Å². The molecule has 0 fully saturated rings. The lowest BCUT2D eigenvalue weighted by Gasteiger charge is -2.27. The number of ether oxygens (including phenoxy) is 2. The molecule has 0 saturated heterocycles. The number of likely N-dealkylation sites (N-methyl/N-ethyl adjacent to an activating group) is 1.